The van der Waals surface area contributed by atoms with E-state index in [1.807, 2.05) is 6.92 Å². The number of rotatable bonds is 5. The maximum atomic E-state index is 14.8. The molecule has 0 radical (unpaired) electrons. The zero-order chi connectivity index (χ0) is 22.8. The molecular formula is C25H22F4O3. The summed E-state index contributed by atoms with van der Waals surface area (Å²) < 4.78 is 74.1. The van der Waals surface area contributed by atoms with Gasteiger partial charge in [-0.15, -0.1) is 0 Å². The third-order valence-corrected chi connectivity index (χ3v) is 5.31. The fourth-order valence-corrected chi connectivity index (χ4v) is 3.42. The fourth-order valence-electron chi connectivity index (χ4n) is 3.42. The van der Waals surface area contributed by atoms with E-state index in [1.54, 1.807) is 13.0 Å². The molecule has 0 atom stereocenters. The molecule has 1 fully saturated rings. The summed E-state index contributed by atoms with van der Waals surface area (Å²) in [6.45, 7) is 4.15. The van der Waals surface area contributed by atoms with Gasteiger partial charge in [0.2, 0.25) is 0 Å². The highest BCUT2D eigenvalue weighted by Gasteiger charge is 2.22. The number of halogens is 4. The van der Waals surface area contributed by atoms with E-state index in [0.29, 0.717) is 24.3 Å². The van der Waals surface area contributed by atoms with Crippen molar-refractivity contribution >= 4 is 0 Å². The smallest absolute Gasteiger partial charge is 0.183 e. The first kappa shape index (κ1) is 22.3. The Balaban J connectivity index is 1.52. The van der Waals surface area contributed by atoms with Crippen molar-refractivity contribution < 1.29 is 31.8 Å². The maximum absolute atomic E-state index is 14.8. The van der Waals surface area contributed by atoms with Gasteiger partial charge in [-0.25, -0.2) is 17.6 Å². The van der Waals surface area contributed by atoms with Crippen LogP contribution < -0.4 is 4.74 Å². The van der Waals surface area contributed by atoms with E-state index in [1.165, 1.54) is 24.3 Å². The van der Waals surface area contributed by atoms with E-state index in [0.717, 1.165) is 18.2 Å². The van der Waals surface area contributed by atoms with Gasteiger partial charge in [-0.1, -0.05) is 25.1 Å². The van der Waals surface area contributed by atoms with Gasteiger partial charge in [0.1, 0.15) is 35.6 Å². The Kier molecular flexibility index (Phi) is 6.48. The molecule has 0 unspecified atom stereocenters. The second-order valence-electron chi connectivity index (χ2n) is 7.96. The predicted octanol–water partition coefficient (Wildman–Crippen LogP) is 6.48. The number of aryl methyl sites for hydroxylation is 1. The summed E-state index contributed by atoms with van der Waals surface area (Å²) in [5, 5.41) is 0. The summed E-state index contributed by atoms with van der Waals surface area (Å²) in [4.78, 5) is 0. The molecule has 0 aromatic heterocycles. The monoisotopic (exact) mass is 446 g/mol. The molecule has 0 spiro atoms. The second kappa shape index (κ2) is 9.30. The molecule has 3 aromatic carbocycles. The summed E-state index contributed by atoms with van der Waals surface area (Å²) in [6.07, 6.45) is -0.672. The van der Waals surface area contributed by atoms with Crippen LogP contribution in [0.25, 0.3) is 11.1 Å². The summed E-state index contributed by atoms with van der Waals surface area (Å²) in [5.41, 5.74) is 0.694. The van der Waals surface area contributed by atoms with Crippen LogP contribution in [-0.4, -0.2) is 13.2 Å². The molecule has 4 rings (SSSR count). The molecule has 3 nitrogen and oxygen atoms in total. The van der Waals surface area contributed by atoms with Crippen molar-refractivity contribution in [2.24, 2.45) is 5.92 Å². The summed E-state index contributed by atoms with van der Waals surface area (Å²) in [6, 6.07) is 10.6. The zero-order valence-corrected chi connectivity index (χ0v) is 17.6. The van der Waals surface area contributed by atoms with E-state index in [4.69, 9.17) is 14.2 Å². The molecule has 0 saturated carbocycles. The third-order valence-electron chi connectivity index (χ3n) is 5.31. The standard InChI is InChI=1S/C25H22F4O3/c1-14-11-31-25(32-12-14)16-4-6-19(22(27)7-16)17-8-23(28)20(24(29)9-17)13-30-18-5-3-15(2)21(26)10-18/h3-10,14,25H,11-13H2,1-2H3. The van der Waals surface area contributed by atoms with Gasteiger partial charge in [0.15, 0.2) is 6.29 Å². The average Bonchev–Trinajstić information content (AvgIpc) is 2.76. The first-order chi connectivity index (χ1) is 15.3. The minimum atomic E-state index is -0.885. The van der Waals surface area contributed by atoms with E-state index in [2.05, 4.69) is 0 Å². The van der Waals surface area contributed by atoms with Crippen molar-refractivity contribution in [2.75, 3.05) is 13.2 Å². The first-order valence-electron chi connectivity index (χ1n) is 10.2. The molecule has 32 heavy (non-hydrogen) atoms. The topological polar surface area (TPSA) is 27.7 Å². The van der Waals surface area contributed by atoms with Gasteiger partial charge in [0, 0.05) is 23.1 Å². The molecule has 0 amide bonds. The van der Waals surface area contributed by atoms with E-state index in [9.17, 15) is 17.6 Å². The number of hydrogen-bond acceptors (Lipinski definition) is 3. The molecule has 3 aromatic rings. The zero-order valence-electron chi connectivity index (χ0n) is 17.6. The maximum Gasteiger partial charge on any atom is 0.183 e. The van der Waals surface area contributed by atoms with Gasteiger partial charge in [0.25, 0.3) is 0 Å². The van der Waals surface area contributed by atoms with Gasteiger partial charge in [-0.2, -0.15) is 0 Å². The lowest BCUT2D eigenvalue weighted by Gasteiger charge is -2.27. The Morgan fingerprint density at radius 2 is 1.53 bits per heavy atom. The molecule has 1 saturated heterocycles. The van der Waals surface area contributed by atoms with Crippen molar-refractivity contribution in [1.82, 2.24) is 0 Å². The lowest BCUT2D eigenvalue weighted by Crippen LogP contribution is -2.25. The highest BCUT2D eigenvalue weighted by molar-refractivity contribution is 5.65. The minimum Gasteiger partial charge on any atom is -0.489 e. The molecule has 0 N–H and O–H groups in total. The Bertz CT molecular complexity index is 1100. The molecule has 0 aliphatic carbocycles. The van der Waals surface area contributed by atoms with Gasteiger partial charge >= 0.3 is 0 Å². The van der Waals surface area contributed by atoms with Crippen LogP contribution in [0.1, 0.15) is 29.9 Å². The van der Waals surface area contributed by atoms with Gasteiger partial charge in [0.05, 0.1) is 18.8 Å². The lowest BCUT2D eigenvalue weighted by atomic mass is 10.0. The number of benzene rings is 3. The number of hydrogen-bond donors (Lipinski definition) is 0. The normalized spacial score (nSPS) is 18.6. The van der Waals surface area contributed by atoms with E-state index >= 15 is 0 Å². The highest BCUT2D eigenvalue weighted by Crippen LogP contribution is 2.31. The quantitative estimate of drug-likeness (QED) is 0.420. The van der Waals surface area contributed by atoms with Crippen LogP contribution in [-0.2, 0) is 16.1 Å². The van der Waals surface area contributed by atoms with Gasteiger partial charge < -0.3 is 14.2 Å². The van der Waals surface area contributed by atoms with Crippen molar-refractivity contribution in [1.29, 1.82) is 0 Å². The lowest BCUT2D eigenvalue weighted by molar-refractivity contribution is -0.202. The Morgan fingerprint density at radius 1 is 0.844 bits per heavy atom. The van der Waals surface area contributed by atoms with Crippen LogP contribution in [0.5, 0.6) is 5.75 Å². The van der Waals surface area contributed by atoms with Crippen LogP contribution >= 0.6 is 0 Å². The molecule has 168 valence electrons. The molecule has 1 aliphatic rings. The Hall–Kier alpha value is -2.90. The van der Waals surface area contributed by atoms with Crippen molar-refractivity contribution in [3.63, 3.8) is 0 Å². The predicted molar refractivity (Wildman–Crippen MR) is 111 cm³/mol. The van der Waals surface area contributed by atoms with Crippen LogP contribution in [0.15, 0.2) is 48.5 Å². The SMILES string of the molecule is Cc1ccc(OCc2c(F)cc(-c3ccc(C4OCC(C)CO4)cc3F)cc2F)cc1F. The average molecular weight is 446 g/mol. The summed E-state index contributed by atoms with van der Waals surface area (Å²) in [5.74, 6) is -2.48. The largest absolute Gasteiger partial charge is 0.489 e. The fraction of sp³-hybridized carbons (Fsp3) is 0.280. The van der Waals surface area contributed by atoms with Crippen molar-refractivity contribution in [3.05, 3.63) is 88.5 Å². The summed E-state index contributed by atoms with van der Waals surface area (Å²) in [7, 11) is 0. The van der Waals surface area contributed by atoms with Gasteiger partial charge in [-0.05, 0) is 42.3 Å². The van der Waals surface area contributed by atoms with Crippen LogP contribution in [0.2, 0.25) is 0 Å². The third kappa shape index (κ3) is 4.79. The molecule has 1 aliphatic heterocycles. The van der Waals surface area contributed by atoms with Crippen molar-refractivity contribution in [2.45, 2.75) is 26.7 Å². The molecule has 1 heterocycles. The Labute approximate surface area is 183 Å². The highest BCUT2D eigenvalue weighted by atomic mass is 19.1. The van der Waals surface area contributed by atoms with E-state index in [-0.39, 0.29) is 28.4 Å². The first-order valence-corrected chi connectivity index (χ1v) is 10.2. The molecule has 0 bridgehead atoms. The van der Waals surface area contributed by atoms with Crippen LogP contribution in [0.3, 0.4) is 0 Å². The Morgan fingerprint density at radius 3 is 2.16 bits per heavy atom. The summed E-state index contributed by atoms with van der Waals surface area (Å²) >= 11 is 0. The second-order valence-corrected chi connectivity index (χ2v) is 7.96. The van der Waals surface area contributed by atoms with Gasteiger partial charge in [-0.3, -0.25) is 0 Å². The van der Waals surface area contributed by atoms with Crippen molar-refractivity contribution in [3.8, 4) is 16.9 Å². The minimum absolute atomic E-state index is 0.0452. The molecular weight excluding hydrogens is 424 g/mol. The molecule has 7 heteroatoms. The van der Waals surface area contributed by atoms with Crippen LogP contribution in [0.4, 0.5) is 17.6 Å². The van der Waals surface area contributed by atoms with Crippen LogP contribution in [0, 0.1) is 36.1 Å². The van der Waals surface area contributed by atoms with E-state index < -0.39 is 36.2 Å². The number of ether oxygens (including phenoxy) is 3.